The molecule has 2 aliphatic rings. The molecule has 1 saturated heterocycles. The third kappa shape index (κ3) is 8.42. The Labute approximate surface area is 246 Å². The molecule has 5 heteroatoms. The lowest BCUT2D eigenvalue weighted by Gasteiger charge is -2.34. The lowest BCUT2D eigenvalue weighted by molar-refractivity contribution is -0.153. The Bertz CT molecular complexity index is 1170. The van der Waals surface area contributed by atoms with Crippen molar-refractivity contribution >= 4 is 18.0 Å². The molecule has 0 spiro atoms. The van der Waals surface area contributed by atoms with Gasteiger partial charge in [0.2, 0.25) is 5.91 Å². The van der Waals surface area contributed by atoms with Crippen LogP contribution in [-0.2, 0) is 25.7 Å². The zero-order valence-corrected chi connectivity index (χ0v) is 24.8. The molecule has 5 nitrogen and oxygen atoms in total. The van der Waals surface area contributed by atoms with E-state index in [1.807, 2.05) is 30.4 Å². The molecule has 0 N–H and O–H groups in total. The van der Waals surface area contributed by atoms with Crippen molar-refractivity contribution in [3.05, 3.63) is 78.9 Å². The average molecular weight is 558 g/mol. The van der Waals surface area contributed by atoms with Gasteiger partial charge in [0.15, 0.2) is 0 Å². The molecule has 0 unspecified atom stereocenters. The van der Waals surface area contributed by atoms with E-state index in [0.717, 1.165) is 67.2 Å². The standard InChI is InChI=1S/C36H47NO4/c1-4-6-7-8-12-21-33(29-17-10-9-11-18-29)35(38)37-25-32(24-34(37)36(39)40-3)41-26-28-16-14-20-31(23-28)30-19-13-15-27(5-2)22-30/h4-5,13-16,19-20,22-23,29,32-34H,1-2,6-12,17-18,21,24-26H2,3H3/t32-,33+,34+/m1/s1. The maximum Gasteiger partial charge on any atom is 0.328 e. The van der Waals surface area contributed by atoms with Crippen molar-refractivity contribution < 1.29 is 19.1 Å². The maximum atomic E-state index is 14.1. The molecule has 0 radical (unpaired) electrons. The minimum atomic E-state index is -0.586. The number of nitrogens with zero attached hydrogens (tertiary/aromatic N) is 1. The summed E-state index contributed by atoms with van der Waals surface area (Å²) in [6.45, 7) is 8.56. The molecule has 220 valence electrons. The summed E-state index contributed by atoms with van der Waals surface area (Å²) < 4.78 is 11.5. The van der Waals surface area contributed by atoms with Crippen LogP contribution in [0.25, 0.3) is 17.2 Å². The Morgan fingerprint density at radius 3 is 2.49 bits per heavy atom. The van der Waals surface area contributed by atoms with Crippen LogP contribution >= 0.6 is 0 Å². The molecule has 2 aromatic rings. The van der Waals surface area contributed by atoms with E-state index in [2.05, 4.69) is 43.5 Å². The molecular formula is C36H47NO4. The number of rotatable bonds is 14. The third-order valence-electron chi connectivity index (χ3n) is 8.85. The van der Waals surface area contributed by atoms with Gasteiger partial charge in [-0.1, -0.05) is 87.2 Å². The highest BCUT2D eigenvalue weighted by molar-refractivity contribution is 5.86. The number of benzene rings is 2. The first-order valence-corrected chi connectivity index (χ1v) is 15.5. The van der Waals surface area contributed by atoms with Gasteiger partial charge in [-0.25, -0.2) is 4.79 Å². The summed E-state index contributed by atoms with van der Waals surface area (Å²) in [6.07, 6.45) is 15.1. The Kier molecular flexibility index (Phi) is 11.8. The summed E-state index contributed by atoms with van der Waals surface area (Å²) in [5.74, 6) is 0.136. The van der Waals surface area contributed by atoms with Gasteiger partial charge in [0.25, 0.3) is 0 Å². The van der Waals surface area contributed by atoms with Gasteiger partial charge in [0.1, 0.15) is 6.04 Å². The summed E-state index contributed by atoms with van der Waals surface area (Å²) in [5.41, 5.74) is 4.39. The number of methoxy groups -OCH3 is 1. The van der Waals surface area contributed by atoms with Crippen molar-refractivity contribution in [2.24, 2.45) is 11.8 Å². The van der Waals surface area contributed by atoms with E-state index in [4.69, 9.17) is 9.47 Å². The minimum Gasteiger partial charge on any atom is -0.467 e. The second kappa shape index (κ2) is 15.7. The van der Waals surface area contributed by atoms with Crippen LogP contribution < -0.4 is 0 Å². The fraction of sp³-hybridized carbons (Fsp3) is 0.500. The molecular weight excluding hydrogens is 510 g/mol. The first kappa shape index (κ1) is 30.8. The van der Waals surface area contributed by atoms with E-state index in [0.29, 0.717) is 25.5 Å². The van der Waals surface area contributed by atoms with Gasteiger partial charge in [0, 0.05) is 18.9 Å². The Hall–Kier alpha value is -3.18. The number of hydrogen-bond donors (Lipinski definition) is 0. The third-order valence-corrected chi connectivity index (χ3v) is 8.85. The summed E-state index contributed by atoms with van der Waals surface area (Å²) in [7, 11) is 1.41. The second-order valence-electron chi connectivity index (χ2n) is 11.7. The number of amides is 1. The van der Waals surface area contributed by atoms with Gasteiger partial charge in [-0.2, -0.15) is 0 Å². The number of carbonyl (C=O) groups is 2. The summed E-state index contributed by atoms with van der Waals surface area (Å²) >= 11 is 0. The number of carbonyl (C=O) groups excluding carboxylic acids is 2. The Morgan fingerprint density at radius 1 is 1.00 bits per heavy atom. The number of hydrogen-bond acceptors (Lipinski definition) is 4. The molecule has 2 aromatic carbocycles. The summed E-state index contributed by atoms with van der Waals surface area (Å²) in [6, 6.07) is 16.0. The van der Waals surface area contributed by atoms with Crippen LogP contribution in [0.5, 0.6) is 0 Å². The van der Waals surface area contributed by atoms with Crippen LogP contribution in [0.2, 0.25) is 0 Å². The molecule has 1 heterocycles. The van der Waals surface area contributed by atoms with Crippen molar-refractivity contribution in [3.8, 4) is 11.1 Å². The van der Waals surface area contributed by atoms with Crippen molar-refractivity contribution in [2.75, 3.05) is 13.7 Å². The van der Waals surface area contributed by atoms with E-state index in [-0.39, 0.29) is 23.9 Å². The highest BCUT2D eigenvalue weighted by Gasteiger charge is 2.44. The number of unbranched alkanes of at least 4 members (excludes halogenated alkanes) is 3. The zero-order valence-electron chi connectivity index (χ0n) is 24.8. The van der Waals surface area contributed by atoms with E-state index in [9.17, 15) is 9.59 Å². The lowest BCUT2D eigenvalue weighted by Crippen LogP contribution is -2.46. The molecule has 1 amide bonds. The lowest BCUT2D eigenvalue weighted by atomic mass is 9.77. The van der Waals surface area contributed by atoms with E-state index >= 15 is 0 Å². The normalized spacial score (nSPS) is 20.0. The summed E-state index contributed by atoms with van der Waals surface area (Å²) in [5, 5.41) is 0. The number of likely N-dealkylation sites (tertiary alicyclic amines) is 1. The fourth-order valence-electron chi connectivity index (χ4n) is 6.56. The number of ether oxygens (including phenoxy) is 2. The van der Waals surface area contributed by atoms with Gasteiger partial charge in [-0.05, 0) is 72.4 Å². The van der Waals surface area contributed by atoms with Crippen LogP contribution in [0.15, 0.2) is 67.8 Å². The van der Waals surface area contributed by atoms with Crippen molar-refractivity contribution in [1.82, 2.24) is 4.90 Å². The highest BCUT2D eigenvalue weighted by Crippen LogP contribution is 2.36. The van der Waals surface area contributed by atoms with E-state index < -0.39 is 6.04 Å². The van der Waals surface area contributed by atoms with Gasteiger partial charge in [-0.15, -0.1) is 6.58 Å². The molecule has 3 atom stereocenters. The summed E-state index contributed by atoms with van der Waals surface area (Å²) in [4.78, 5) is 28.7. The van der Waals surface area contributed by atoms with Crippen LogP contribution in [-0.4, -0.2) is 42.6 Å². The monoisotopic (exact) mass is 557 g/mol. The van der Waals surface area contributed by atoms with Crippen LogP contribution in [0.3, 0.4) is 0 Å². The molecule has 4 rings (SSSR count). The quantitative estimate of drug-likeness (QED) is 0.134. The van der Waals surface area contributed by atoms with E-state index in [1.165, 1.54) is 26.4 Å². The molecule has 1 saturated carbocycles. The topological polar surface area (TPSA) is 55.8 Å². The number of allylic oxidation sites excluding steroid dienone is 1. The molecule has 0 aromatic heterocycles. The maximum absolute atomic E-state index is 14.1. The molecule has 0 bridgehead atoms. The van der Waals surface area contributed by atoms with Crippen molar-refractivity contribution in [3.63, 3.8) is 0 Å². The van der Waals surface area contributed by atoms with Gasteiger partial charge < -0.3 is 14.4 Å². The average Bonchev–Trinajstić information content (AvgIpc) is 3.46. The predicted octanol–water partition coefficient (Wildman–Crippen LogP) is 7.99. The largest absolute Gasteiger partial charge is 0.467 e. The Balaban J connectivity index is 1.43. The first-order chi connectivity index (χ1) is 20.0. The zero-order chi connectivity index (χ0) is 29.0. The second-order valence-corrected chi connectivity index (χ2v) is 11.7. The Morgan fingerprint density at radius 2 is 1.76 bits per heavy atom. The number of esters is 1. The molecule has 1 aliphatic heterocycles. The molecule has 1 aliphatic carbocycles. The van der Waals surface area contributed by atoms with Crippen molar-refractivity contribution in [2.45, 2.75) is 89.4 Å². The first-order valence-electron chi connectivity index (χ1n) is 15.5. The van der Waals surface area contributed by atoms with Gasteiger partial charge in [0.05, 0.1) is 19.8 Å². The molecule has 41 heavy (non-hydrogen) atoms. The minimum absolute atomic E-state index is 0.0343. The van der Waals surface area contributed by atoms with Crippen LogP contribution in [0.4, 0.5) is 0 Å². The van der Waals surface area contributed by atoms with Gasteiger partial charge in [-0.3, -0.25) is 4.79 Å². The SMILES string of the molecule is C=CCCCCC[C@H](C(=O)N1C[C@H](OCc2cccc(-c3cccc(C=C)c3)c2)C[C@H]1C(=O)OC)C1CCCCC1. The predicted molar refractivity (Wildman–Crippen MR) is 166 cm³/mol. The van der Waals surface area contributed by atoms with Gasteiger partial charge >= 0.3 is 5.97 Å². The van der Waals surface area contributed by atoms with E-state index in [1.54, 1.807) is 4.90 Å². The fourth-order valence-corrected chi connectivity index (χ4v) is 6.56. The smallest absolute Gasteiger partial charge is 0.328 e. The highest BCUT2D eigenvalue weighted by atomic mass is 16.5. The molecule has 2 fully saturated rings. The van der Waals surface area contributed by atoms with Crippen molar-refractivity contribution in [1.29, 1.82) is 0 Å². The van der Waals surface area contributed by atoms with Crippen LogP contribution in [0.1, 0.15) is 81.8 Å². The van der Waals surface area contributed by atoms with Crippen LogP contribution in [0, 0.1) is 11.8 Å².